The summed E-state index contributed by atoms with van der Waals surface area (Å²) < 4.78 is 12.7. The number of benzene rings is 3. The molecular weight excluding hydrogens is 434 g/mol. The number of hydrogen-bond donors (Lipinski definition) is 0. The van der Waals surface area contributed by atoms with Gasteiger partial charge in [-0.3, -0.25) is 14.8 Å². The molecule has 3 aromatic carbocycles. The Morgan fingerprint density at radius 3 is 2.44 bits per heavy atom. The van der Waals surface area contributed by atoms with E-state index < -0.39 is 10.9 Å². The van der Waals surface area contributed by atoms with Crippen molar-refractivity contribution in [2.24, 2.45) is 0 Å². The molecule has 34 heavy (non-hydrogen) atoms. The Hall–Kier alpha value is -4.20. The van der Waals surface area contributed by atoms with Crippen LogP contribution in [0.1, 0.15) is 42.3 Å². The average Bonchev–Trinajstić information content (AvgIpc) is 3.14. The lowest BCUT2D eigenvalue weighted by Gasteiger charge is -2.18. The van der Waals surface area contributed by atoms with E-state index in [0.29, 0.717) is 27.8 Å². The van der Waals surface area contributed by atoms with Crippen LogP contribution in [0.3, 0.4) is 0 Å². The molecule has 8 heteroatoms. The van der Waals surface area contributed by atoms with Gasteiger partial charge in [-0.05, 0) is 46.9 Å². The van der Waals surface area contributed by atoms with Crippen molar-refractivity contribution in [3.63, 3.8) is 0 Å². The highest BCUT2D eigenvalue weighted by molar-refractivity contribution is 5.94. The van der Waals surface area contributed by atoms with Gasteiger partial charge in [-0.25, -0.2) is 4.79 Å². The molecule has 4 aromatic rings. The van der Waals surface area contributed by atoms with Gasteiger partial charge in [-0.15, -0.1) is 5.10 Å². The summed E-state index contributed by atoms with van der Waals surface area (Å²) in [6.45, 7) is 6.58. The summed E-state index contributed by atoms with van der Waals surface area (Å²) in [5.74, 6) is 0.212. The van der Waals surface area contributed by atoms with Gasteiger partial charge in [0.25, 0.3) is 5.69 Å². The fourth-order valence-corrected chi connectivity index (χ4v) is 3.65. The lowest BCUT2D eigenvalue weighted by Crippen LogP contribution is -2.13. The molecule has 174 valence electrons. The number of aromatic nitrogens is 2. The van der Waals surface area contributed by atoms with Crippen LogP contribution >= 0.6 is 0 Å². The minimum Gasteiger partial charge on any atom is -0.497 e. The lowest BCUT2D eigenvalue weighted by atomic mass is 9.87. The monoisotopic (exact) mass is 459 g/mol. The van der Waals surface area contributed by atoms with Gasteiger partial charge in [0, 0.05) is 12.1 Å². The first kappa shape index (κ1) is 23.0. The molecule has 0 aliphatic rings. The second kappa shape index (κ2) is 8.97. The molecule has 0 unspecified atom stereocenters. The zero-order chi connectivity index (χ0) is 24.5. The molecule has 0 saturated heterocycles. The van der Waals surface area contributed by atoms with Gasteiger partial charge in [-0.1, -0.05) is 45.0 Å². The molecule has 1 aromatic heterocycles. The summed E-state index contributed by atoms with van der Waals surface area (Å²) in [5.41, 5.74) is 2.91. The van der Waals surface area contributed by atoms with Crippen molar-refractivity contribution in [3.8, 4) is 11.6 Å². The van der Waals surface area contributed by atoms with Gasteiger partial charge in [-0.2, -0.15) is 0 Å². The third kappa shape index (κ3) is 4.76. The summed E-state index contributed by atoms with van der Waals surface area (Å²) in [6.07, 6.45) is 0. The molecule has 0 bridgehead atoms. The number of methoxy groups -OCH3 is 1. The van der Waals surface area contributed by atoms with Gasteiger partial charge in [0.15, 0.2) is 0 Å². The maximum Gasteiger partial charge on any atom is 0.344 e. The predicted octanol–water partition coefficient (Wildman–Crippen LogP) is 5.52. The number of non-ortho nitro benzene ring substituents is 1. The first-order valence-electron chi connectivity index (χ1n) is 10.8. The van der Waals surface area contributed by atoms with E-state index in [1.54, 1.807) is 48.2 Å². The van der Waals surface area contributed by atoms with Crippen LogP contribution in [-0.2, 0) is 12.0 Å². The summed E-state index contributed by atoms with van der Waals surface area (Å²) in [6, 6.07) is 19.0. The number of carbonyl (C=O) groups excluding carboxylic acids is 1. The number of nitro benzene ring substituents is 1. The molecule has 0 spiro atoms. The van der Waals surface area contributed by atoms with Crippen molar-refractivity contribution in [2.45, 2.75) is 32.7 Å². The summed E-state index contributed by atoms with van der Waals surface area (Å²) in [5, 5.41) is 16.2. The highest BCUT2D eigenvalue weighted by Gasteiger charge is 2.19. The highest BCUT2D eigenvalue weighted by atomic mass is 16.6. The molecule has 0 atom stereocenters. The predicted molar refractivity (Wildman–Crippen MR) is 129 cm³/mol. The number of esters is 1. The summed E-state index contributed by atoms with van der Waals surface area (Å²) in [7, 11) is 1.55. The molecular formula is C26H25N3O5. The van der Waals surface area contributed by atoms with E-state index >= 15 is 0 Å². The number of carbonyl (C=O) groups is 1. The number of rotatable bonds is 6. The van der Waals surface area contributed by atoms with Crippen LogP contribution in [0.5, 0.6) is 11.6 Å². The van der Waals surface area contributed by atoms with E-state index in [2.05, 4.69) is 25.9 Å². The maximum absolute atomic E-state index is 12.9. The first-order chi connectivity index (χ1) is 16.2. The molecule has 0 saturated carbocycles. The Morgan fingerprint density at radius 2 is 1.79 bits per heavy atom. The third-order valence-electron chi connectivity index (χ3n) is 5.55. The molecule has 1 heterocycles. The first-order valence-corrected chi connectivity index (χ1v) is 10.8. The minimum atomic E-state index is -0.523. The lowest BCUT2D eigenvalue weighted by molar-refractivity contribution is -0.384. The van der Waals surface area contributed by atoms with Crippen LogP contribution in [0.4, 0.5) is 5.69 Å². The SMILES string of the molecule is COc1ccc2c(c1)c(OC(=O)c1ccc(C(C)(C)C)cc1)nn2Cc1cccc([N+](=O)[O-])c1. The van der Waals surface area contributed by atoms with Crippen LogP contribution < -0.4 is 9.47 Å². The third-order valence-corrected chi connectivity index (χ3v) is 5.55. The molecule has 0 aliphatic carbocycles. The van der Waals surface area contributed by atoms with Crippen molar-refractivity contribution in [1.82, 2.24) is 9.78 Å². The van der Waals surface area contributed by atoms with Crippen LogP contribution in [0.2, 0.25) is 0 Å². The second-order valence-electron chi connectivity index (χ2n) is 8.99. The van der Waals surface area contributed by atoms with E-state index in [0.717, 1.165) is 5.56 Å². The number of hydrogen-bond acceptors (Lipinski definition) is 6. The van der Waals surface area contributed by atoms with Crippen molar-refractivity contribution in [2.75, 3.05) is 7.11 Å². The summed E-state index contributed by atoms with van der Waals surface area (Å²) >= 11 is 0. The fraction of sp³-hybridized carbons (Fsp3) is 0.231. The van der Waals surface area contributed by atoms with Crippen molar-refractivity contribution in [1.29, 1.82) is 0 Å². The molecule has 8 nitrogen and oxygen atoms in total. The van der Waals surface area contributed by atoms with E-state index in [1.165, 1.54) is 12.1 Å². The van der Waals surface area contributed by atoms with Gasteiger partial charge in [0.2, 0.25) is 5.88 Å². The minimum absolute atomic E-state index is 0.000913. The number of fused-ring (bicyclic) bond motifs is 1. The van der Waals surface area contributed by atoms with Gasteiger partial charge < -0.3 is 9.47 Å². The normalized spacial score (nSPS) is 11.4. The number of nitrogens with zero attached hydrogens (tertiary/aromatic N) is 3. The molecule has 0 fully saturated rings. The Kier molecular flexibility index (Phi) is 6.06. The zero-order valence-corrected chi connectivity index (χ0v) is 19.4. The average molecular weight is 460 g/mol. The smallest absolute Gasteiger partial charge is 0.344 e. The van der Waals surface area contributed by atoms with Crippen LogP contribution in [0, 0.1) is 10.1 Å². The highest BCUT2D eigenvalue weighted by Crippen LogP contribution is 2.30. The Balaban J connectivity index is 1.67. The molecule has 4 rings (SSSR count). The standard InChI is InChI=1S/C26H25N3O5/c1-26(2,3)19-10-8-18(9-11-19)25(30)34-24-22-15-21(33-4)12-13-23(22)28(27-24)16-17-6-5-7-20(14-17)29(31)32/h5-15H,16H2,1-4H3. The van der Waals surface area contributed by atoms with Crippen LogP contribution in [-0.4, -0.2) is 27.8 Å². The number of ether oxygens (including phenoxy) is 2. The second-order valence-corrected chi connectivity index (χ2v) is 8.99. The van der Waals surface area contributed by atoms with Crippen molar-refractivity contribution >= 4 is 22.6 Å². The molecule has 0 radical (unpaired) electrons. The zero-order valence-electron chi connectivity index (χ0n) is 19.4. The van der Waals surface area contributed by atoms with Gasteiger partial charge in [0.05, 0.1) is 35.0 Å². The fourth-order valence-electron chi connectivity index (χ4n) is 3.65. The van der Waals surface area contributed by atoms with E-state index in [4.69, 9.17) is 9.47 Å². The van der Waals surface area contributed by atoms with E-state index in [9.17, 15) is 14.9 Å². The van der Waals surface area contributed by atoms with Gasteiger partial charge in [0.1, 0.15) is 5.75 Å². The quantitative estimate of drug-likeness (QED) is 0.214. The van der Waals surface area contributed by atoms with E-state index in [1.807, 2.05) is 18.2 Å². The molecule has 0 N–H and O–H groups in total. The van der Waals surface area contributed by atoms with Crippen LogP contribution in [0.25, 0.3) is 10.9 Å². The topological polar surface area (TPSA) is 96.5 Å². The van der Waals surface area contributed by atoms with E-state index in [-0.39, 0.29) is 23.5 Å². The number of nitro groups is 1. The van der Waals surface area contributed by atoms with Crippen molar-refractivity contribution in [3.05, 3.63) is 93.5 Å². The largest absolute Gasteiger partial charge is 0.497 e. The van der Waals surface area contributed by atoms with Crippen molar-refractivity contribution < 1.29 is 19.2 Å². The van der Waals surface area contributed by atoms with Crippen LogP contribution in [0.15, 0.2) is 66.7 Å². The molecule has 0 aliphatic heterocycles. The Labute approximate surface area is 196 Å². The molecule has 0 amide bonds. The Morgan fingerprint density at radius 1 is 1.06 bits per heavy atom. The Bertz CT molecular complexity index is 1370. The maximum atomic E-state index is 12.9. The summed E-state index contributed by atoms with van der Waals surface area (Å²) in [4.78, 5) is 23.6. The van der Waals surface area contributed by atoms with Gasteiger partial charge >= 0.3 is 5.97 Å².